The Bertz CT molecular complexity index is 646. The van der Waals surface area contributed by atoms with E-state index < -0.39 is 5.79 Å². The van der Waals surface area contributed by atoms with E-state index in [9.17, 15) is 5.11 Å². The number of aliphatic hydroxyl groups is 1. The van der Waals surface area contributed by atoms with Gasteiger partial charge >= 0.3 is 0 Å². The van der Waals surface area contributed by atoms with Crippen LogP contribution in [-0.4, -0.2) is 17.5 Å². The van der Waals surface area contributed by atoms with Crippen molar-refractivity contribution in [3.8, 4) is 0 Å². The standard InChI is InChI=1S/C41H76O2/c1-4-7-9-11-13-15-17-19-21-23-25-27-29-31-33-35-37-39-41(42,43-40-6-3)38-36-34-32-30-28-26-24-22-20-18-16-14-12-10-8-5-2/h13-16,19-22,42H,4-12,17-18,23-40H2,1-3H3/b15-13-,16-14-,21-19-,22-20-. The zero-order valence-corrected chi connectivity index (χ0v) is 29.5. The predicted octanol–water partition coefficient (Wildman–Crippen LogP) is 13.9. The summed E-state index contributed by atoms with van der Waals surface area (Å²) in [5, 5.41) is 11.1. The smallest absolute Gasteiger partial charge is 0.165 e. The number of hydrogen-bond donors (Lipinski definition) is 1. The summed E-state index contributed by atoms with van der Waals surface area (Å²) >= 11 is 0. The van der Waals surface area contributed by atoms with Crippen molar-refractivity contribution in [1.82, 2.24) is 0 Å². The molecular formula is C41H76O2. The minimum absolute atomic E-state index is 0.669. The molecule has 0 spiro atoms. The van der Waals surface area contributed by atoms with Gasteiger partial charge in [-0.15, -0.1) is 0 Å². The van der Waals surface area contributed by atoms with E-state index in [0.29, 0.717) is 6.61 Å². The van der Waals surface area contributed by atoms with Crippen molar-refractivity contribution in [3.05, 3.63) is 48.6 Å². The molecule has 1 N–H and O–H groups in total. The number of ether oxygens (including phenoxy) is 1. The lowest BCUT2D eigenvalue weighted by atomic mass is 9.98. The largest absolute Gasteiger partial charge is 0.365 e. The van der Waals surface area contributed by atoms with Crippen LogP contribution in [0.3, 0.4) is 0 Å². The first kappa shape index (κ1) is 41.9. The molecule has 0 aliphatic carbocycles. The molecule has 0 aliphatic rings. The molecule has 0 amide bonds. The van der Waals surface area contributed by atoms with Crippen LogP contribution in [0.1, 0.15) is 201 Å². The lowest BCUT2D eigenvalue weighted by Crippen LogP contribution is -2.32. The van der Waals surface area contributed by atoms with E-state index in [0.717, 1.165) is 44.9 Å². The van der Waals surface area contributed by atoms with E-state index >= 15 is 0 Å². The van der Waals surface area contributed by atoms with Crippen LogP contribution < -0.4 is 0 Å². The number of unbranched alkanes of at least 4 members (excludes halogenated alkanes) is 19. The molecule has 2 heteroatoms. The molecule has 1 unspecified atom stereocenters. The fourth-order valence-electron chi connectivity index (χ4n) is 5.52. The minimum Gasteiger partial charge on any atom is -0.365 e. The normalized spacial score (nSPS) is 13.9. The molecule has 252 valence electrons. The summed E-state index contributed by atoms with van der Waals surface area (Å²) in [6.45, 7) is 7.32. The quantitative estimate of drug-likeness (QED) is 0.0452. The first-order chi connectivity index (χ1) is 21.2. The Labute approximate surface area is 270 Å². The summed E-state index contributed by atoms with van der Waals surface area (Å²) in [4.78, 5) is 0. The molecule has 0 radical (unpaired) electrons. The molecule has 1 atom stereocenters. The topological polar surface area (TPSA) is 29.5 Å². The molecule has 0 bridgehead atoms. The molecule has 0 saturated carbocycles. The number of allylic oxidation sites excluding steroid dienone is 8. The average Bonchev–Trinajstić information content (AvgIpc) is 3.01. The monoisotopic (exact) mass is 601 g/mol. The SMILES string of the molecule is CCCCC/C=C\C/C=C\CCCCCCCCCC(O)(CCCCCCCC/C=C\C/C=C\CCCCC)OCCC. The lowest BCUT2D eigenvalue weighted by Gasteiger charge is -2.28. The minimum atomic E-state index is -0.901. The molecule has 2 nitrogen and oxygen atoms in total. The van der Waals surface area contributed by atoms with Crippen molar-refractivity contribution < 1.29 is 9.84 Å². The second kappa shape index (κ2) is 35.4. The van der Waals surface area contributed by atoms with Crippen molar-refractivity contribution in [2.45, 2.75) is 206 Å². The van der Waals surface area contributed by atoms with Crippen LogP contribution in [0.15, 0.2) is 48.6 Å². The molecule has 0 fully saturated rings. The van der Waals surface area contributed by atoms with Gasteiger partial charge in [-0.2, -0.15) is 0 Å². The van der Waals surface area contributed by atoms with Crippen LogP contribution in [0.2, 0.25) is 0 Å². The maximum Gasteiger partial charge on any atom is 0.165 e. The van der Waals surface area contributed by atoms with Gasteiger partial charge in [-0.1, -0.05) is 153 Å². The molecule has 0 aromatic carbocycles. The molecule has 0 heterocycles. The van der Waals surface area contributed by atoms with Crippen LogP contribution in [-0.2, 0) is 4.74 Å². The highest BCUT2D eigenvalue weighted by Crippen LogP contribution is 2.25. The van der Waals surface area contributed by atoms with Crippen molar-refractivity contribution in [2.75, 3.05) is 6.61 Å². The highest BCUT2D eigenvalue weighted by molar-refractivity contribution is 4.93. The number of hydrogen-bond acceptors (Lipinski definition) is 2. The molecule has 0 aromatic rings. The Balaban J connectivity index is 3.73. The highest BCUT2D eigenvalue weighted by atomic mass is 16.6. The van der Waals surface area contributed by atoms with Gasteiger partial charge in [-0.3, -0.25) is 0 Å². The average molecular weight is 601 g/mol. The van der Waals surface area contributed by atoms with Crippen LogP contribution in [0.25, 0.3) is 0 Å². The summed E-state index contributed by atoms with van der Waals surface area (Å²) in [7, 11) is 0. The van der Waals surface area contributed by atoms with Gasteiger partial charge < -0.3 is 9.84 Å². The molecule has 0 aliphatic heterocycles. The Morgan fingerprint density at radius 2 is 0.721 bits per heavy atom. The van der Waals surface area contributed by atoms with Crippen LogP contribution >= 0.6 is 0 Å². The van der Waals surface area contributed by atoms with Crippen LogP contribution in [0.4, 0.5) is 0 Å². The van der Waals surface area contributed by atoms with Crippen molar-refractivity contribution in [3.63, 3.8) is 0 Å². The van der Waals surface area contributed by atoms with E-state index in [-0.39, 0.29) is 0 Å². The van der Waals surface area contributed by atoms with Crippen molar-refractivity contribution in [2.24, 2.45) is 0 Å². The molecule has 0 saturated heterocycles. The Morgan fingerprint density at radius 1 is 0.395 bits per heavy atom. The van der Waals surface area contributed by atoms with E-state index in [1.807, 2.05) is 0 Å². The third-order valence-electron chi connectivity index (χ3n) is 8.36. The van der Waals surface area contributed by atoms with Gasteiger partial charge in [0.2, 0.25) is 0 Å². The fourth-order valence-corrected chi connectivity index (χ4v) is 5.52. The van der Waals surface area contributed by atoms with Crippen LogP contribution in [0.5, 0.6) is 0 Å². The van der Waals surface area contributed by atoms with E-state index in [2.05, 4.69) is 69.4 Å². The molecule has 43 heavy (non-hydrogen) atoms. The molecular weight excluding hydrogens is 524 g/mol. The van der Waals surface area contributed by atoms with Gasteiger partial charge in [0.15, 0.2) is 5.79 Å². The highest BCUT2D eigenvalue weighted by Gasteiger charge is 2.26. The first-order valence-corrected chi connectivity index (χ1v) is 19.1. The third-order valence-corrected chi connectivity index (χ3v) is 8.36. The van der Waals surface area contributed by atoms with Crippen molar-refractivity contribution in [1.29, 1.82) is 0 Å². The van der Waals surface area contributed by atoms with E-state index in [4.69, 9.17) is 4.74 Å². The second-order valence-corrected chi connectivity index (χ2v) is 12.8. The lowest BCUT2D eigenvalue weighted by molar-refractivity contribution is -0.213. The molecule has 0 rings (SSSR count). The first-order valence-electron chi connectivity index (χ1n) is 19.1. The van der Waals surface area contributed by atoms with Crippen molar-refractivity contribution >= 4 is 0 Å². The van der Waals surface area contributed by atoms with E-state index in [1.54, 1.807) is 0 Å². The Kier molecular flexibility index (Phi) is 34.4. The van der Waals surface area contributed by atoms with E-state index in [1.165, 1.54) is 135 Å². The predicted molar refractivity (Wildman–Crippen MR) is 194 cm³/mol. The zero-order chi connectivity index (χ0) is 31.4. The summed E-state index contributed by atoms with van der Waals surface area (Å²) in [6.07, 6.45) is 52.7. The van der Waals surface area contributed by atoms with Gasteiger partial charge in [0.25, 0.3) is 0 Å². The van der Waals surface area contributed by atoms with Gasteiger partial charge in [0.1, 0.15) is 0 Å². The van der Waals surface area contributed by atoms with Gasteiger partial charge in [-0.25, -0.2) is 0 Å². The maximum atomic E-state index is 11.1. The third kappa shape index (κ3) is 33.6. The fraction of sp³-hybridized carbons (Fsp3) is 0.805. The summed E-state index contributed by atoms with van der Waals surface area (Å²) in [6, 6.07) is 0. The van der Waals surface area contributed by atoms with Gasteiger partial charge in [0, 0.05) is 19.4 Å². The zero-order valence-electron chi connectivity index (χ0n) is 29.5. The number of rotatable bonds is 34. The Morgan fingerprint density at radius 3 is 1.07 bits per heavy atom. The summed E-state index contributed by atoms with van der Waals surface area (Å²) in [5.41, 5.74) is 0. The van der Waals surface area contributed by atoms with Gasteiger partial charge in [0.05, 0.1) is 0 Å². The Hall–Kier alpha value is -1.12. The summed E-state index contributed by atoms with van der Waals surface area (Å²) < 4.78 is 5.96. The van der Waals surface area contributed by atoms with Gasteiger partial charge in [-0.05, 0) is 83.5 Å². The second-order valence-electron chi connectivity index (χ2n) is 12.8. The molecule has 0 aromatic heterocycles. The van der Waals surface area contributed by atoms with Crippen LogP contribution in [0, 0.1) is 0 Å². The summed E-state index contributed by atoms with van der Waals surface area (Å²) in [5.74, 6) is -0.901. The maximum absolute atomic E-state index is 11.1.